The number of piperidine rings is 1. The smallest absolute Gasteiger partial charge is 0.490 e. The minimum absolute atomic E-state index is 0.159. The molecule has 1 fully saturated rings. The number of carbonyl (C=O) groups excluding carboxylic acids is 1. The van der Waals surface area contributed by atoms with E-state index < -0.39 is 6.16 Å². The lowest BCUT2D eigenvalue weighted by atomic mass is 9.99. The minimum Gasteiger partial charge on any atom is -0.490 e. The molecule has 37 heavy (non-hydrogen) atoms. The van der Waals surface area contributed by atoms with E-state index in [-0.39, 0.29) is 12.7 Å². The van der Waals surface area contributed by atoms with E-state index >= 15 is 0 Å². The van der Waals surface area contributed by atoms with E-state index in [4.69, 9.17) is 30.6 Å². The summed E-state index contributed by atoms with van der Waals surface area (Å²) in [5.41, 5.74) is 3.10. The molecule has 2 heterocycles. The first-order valence-electron chi connectivity index (χ1n) is 12.4. The first-order chi connectivity index (χ1) is 18.1. The van der Waals surface area contributed by atoms with Crippen LogP contribution < -0.4 is 25.9 Å². The zero-order valence-corrected chi connectivity index (χ0v) is 21.0. The summed E-state index contributed by atoms with van der Waals surface area (Å²) in [5, 5.41) is 7.21. The third kappa shape index (κ3) is 7.18. The largest absolute Gasteiger partial charge is 0.513 e. The molecule has 0 saturated carbocycles. The molecule has 0 spiro atoms. The van der Waals surface area contributed by atoms with Crippen LogP contribution in [0.15, 0.2) is 46.6 Å². The Kier molecular flexibility index (Phi) is 8.90. The number of carbonyl (C=O) groups is 1. The van der Waals surface area contributed by atoms with Gasteiger partial charge in [-0.3, -0.25) is 0 Å². The molecule has 0 aromatic heterocycles. The lowest BCUT2D eigenvalue weighted by molar-refractivity contribution is 0.102. The number of hydrogen-bond acceptors (Lipinski definition) is 9. The average Bonchev–Trinajstić information content (AvgIpc) is 2.90. The van der Waals surface area contributed by atoms with Crippen LogP contribution in [0.3, 0.4) is 0 Å². The van der Waals surface area contributed by atoms with Crippen molar-refractivity contribution in [1.82, 2.24) is 9.80 Å². The molecule has 2 aromatic carbocycles. The van der Waals surface area contributed by atoms with Crippen molar-refractivity contribution in [2.75, 3.05) is 26.2 Å². The summed E-state index contributed by atoms with van der Waals surface area (Å²) in [6.07, 6.45) is 5.27. The maximum absolute atomic E-state index is 12.0. The molecule has 4 N–H and O–H groups in total. The molecule has 1 saturated heterocycles. The third-order valence-electron chi connectivity index (χ3n) is 6.32. The van der Waals surface area contributed by atoms with E-state index in [9.17, 15) is 4.79 Å². The molecular weight excluding hydrogens is 476 g/mol. The standard InChI is InChI=1S/C26H34N6O5/c1-2-34-26(33)37-25-13-20-7-10-32(18-30-28)15-21(20)14-24(25)35-16-19-3-5-22(6-4-19)36-23-8-11-31(12-9-23)17-29-27/h3-6,13-14,17-18,23H,2,7-12,15-16,27-28H2,1H3. The Balaban J connectivity index is 1.40. The van der Waals surface area contributed by atoms with Gasteiger partial charge in [0.2, 0.25) is 0 Å². The second-order valence-electron chi connectivity index (χ2n) is 8.89. The molecule has 2 aromatic rings. The summed E-state index contributed by atoms with van der Waals surface area (Å²) in [5.74, 6) is 12.2. The molecule has 0 aliphatic carbocycles. The minimum atomic E-state index is -0.761. The molecule has 11 nitrogen and oxygen atoms in total. The molecule has 2 aliphatic rings. The van der Waals surface area contributed by atoms with Crippen LogP contribution in [0, 0.1) is 0 Å². The number of hydrogen-bond donors (Lipinski definition) is 2. The highest BCUT2D eigenvalue weighted by Crippen LogP contribution is 2.34. The number of benzene rings is 2. The Morgan fingerprint density at radius 2 is 1.70 bits per heavy atom. The van der Waals surface area contributed by atoms with Gasteiger partial charge < -0.3 is 40.4 Å². The van der Waals surface area contributed by atoms with Crippen LogP contribution in [-0.2, 0) is 24.3 Å². The Morgan fingerprint density at radius 3 is 2.41 bits per heavy atom. The molecule has 0 bridgehead atoms. The maximum Gasteiger partial charge on any atom is 0.513 e. The van der Waals surface area contributed by atoms with Crippen LogP contribution in [0.5, 0.6) is 17.2 Å². The van der Waals surface area contributed by atoms with Crippen molar-refractivity contribution in [3.8, 4) is 17.2 Å². The van der Waals surface area contributed by atoms with Crippen LogP contribution in [0.25, 0.3) is 0 Å². The van der Waals surface area contributed by atoms with Crippen molar-refractivity contribution >= 4 is 18.8 Å². The van der Waals surface area contributed by atoms with Gasteiger partial charge in [0.25, 0.3) is 0 Å². The maximum atomic E-state index is 12.0. The second-order valence-corrected chi connectivity index (χ2v) is 8.89. The zero-order valence-electron chi connectivity index (χ0n) is 21.0. The highest BCUT2D eigenvalue weighted by molar-refractivity contribution is 5.66. The molecule has 2 aliphatic heterocycles. The second kappa shape index (κ2) is 12.7. The van der Waals surface area contributed by atoms with Crippen LogP contribution in [0.2, 0.25) is 0 Å². The van der Waals surface area contributed by atoms with Gasteiger partial charge in [0.05, 0.1) is 6.61 Å². The molecule has 11 heteroatoms. The number of likely N-dealkylation sites (tertiary alicyclic amines) is 1. The first kappa shape index (κ1) is 25.9. The number of fused-ring (bicyclic) bond motifs is 1. The van der Waals surface area contributed by atoms with Gasteiger partial charge in [0.15, 0.2) is 11.5 Å². The van der Waals surface area contributed by atoms with Crippen molar-refractivity contribution in [2.45, 2.75) is 45.4 Å². The van der Waals surface area contributed by atoms with E-state index in [0.717, 1.165) is 61.3 Å². The fourth-order valence-electron chi connectivity index (χ4n) is 4.43. The van der Waals surface area contributed by atoms with E-state index in [1.807, 2.05) is 41.3 Å². The molecular formula is C26H34N6O5. The number of hydrazone groups is 2. The highest BCUT2D eigenvalue weighted by atomic mass is 16.7. The van der Waals surface area contributed by atoms with E-state index in [1.54, 1.807) is 19.6 Å². The molecule has 0 radical (unpaired) electrons. The molecule has 0 atom stereocenters. The predicted octanol–water partition coefficient (Wildman–Crippen LogP) is 2.81. The van der Waals surface area contributed by atoms with Gasteiger partial charge in [-0.25, -0.2) is 4.79 Å². The van der Waals surface area contributed by atoms with Gasteiger partial charge in [-0.1, -0.05) is 12.1 Å². The summed E-state index contributed by atoms with van der Waals surface area (Å²) in [4.78, 5) is 16.1. The lowest BCUT2D eigenvalue weighted by Crippen LogP contribution is -2.37. The summed E-state index contributed by atoms with van der Waals surface area (Å²) in [6.45, 7) is 5.38. The summed E-state index contributed by atoms with van der Waals surface area (Å²) in [6, 6.07) is 11.6. The lowest BCUT2D eigenvalue weighted by Gasteiger charge is -2.30. The highest BCUT2D eigenvalue weighted by Gasteiger charge is 2.21. The predicted molar refractivity (Wildman–Crippen MR) is 140 cm³/mol. The Bertz CT molecular complexity index is 1100. The number of nitrogens with two attached hydrogens (primary N) is 2. The van der Waals surface area contributed by atoms with Gasteiger partial charge in [0, 0.05) is 39.0 Å². The summed E-state index contributed by atoms with van der Waals surface area (Å²) in [7, 11) is 0. The average molecular weight is 511 g/mol. The fraction of sp³-hybridized carbons (Fsp3) is 0.423. The van der Waals surface area contributed by atoms with Crippen molar-refractivity contribution < 1.29 is 23.7 Å². The monoisotopic (exact) mass is 510 g/mol. The van der Waals surface area contributed by atoms with Crippen LogP contribution >= 0.6 is 0 Å². The quantitative estimate of drug-likeness (QED) is 0.130. The van der Waals surface area contributed by atoms with Gasteiger partial charge >= 0.3 is 6.16 Å². The van der Waals surface area contributed by atoms with Gasteiger partial charge in [-0.05, 0) is 54.3 Å². The Morgan fingerprint density at radius 1 is 1.00 bits per heavy atom. The van der Waals surface area contributed by atoms with Crippen molar-refractivity contribution in [2.24, 2.45) is 21.9 Å². The van der Waals surface area contributed by atoms with Gasteiger partial charge in [-0.15, -0.1) is 0 Å². The summed E-state index contributed by atoms with van der Waals surface area (Å²) >= 11 is 0. The fourth-order valence-corrected chi connectivity index (χ4v) is 4.43. The van der Waals surface area contributed by atoms with Crippen molar-refractivity contribution in [1.29, 1.82) is 0 Å². The topological polar surface area (TPSA) is 137 Å². The normalized spacial score (nSPS) is 16.1. The molecule has 0 amide bonds. The number of rotatable bonds is 9. The van der Waals surface area contributed by atoms with Crippen LogP contribution in [0.4, 0.5) is 4.79 Å². The zero-order chi connectivity index (χ0) is 26.0. The van der Waals surface area contributed by atoms with Crippen LogP contribution in [-0.4, -0.2) is 61.0 Å². The number of nitrogens with zero attached hydrogens (tertiary/aromatic N) is 4. The van der Waals surface area contributed by atoms with Gasteiger partial charge in [-0.2, -0.15) is 10.2 Å². The summed E-state index contributed by atoms with van der Waals surface area (Å²) < 4.78 is 22.7. The SMILES string of the molecule is CCOC(=O)Oc1cc2c(cc1OCc1ccc(OC3CCN(C=NN)CC3)cc1)CN(C=NN)CC2. The van der Waals surface area contributed by atoms with E-state index in [2.05, 4.69) is 15.1 Å². The Hall–Kier alpha value is -4.15. The Labute approximate surface area is 216 Å². The first-order valence-corrected chi connectivity index (χ1v) is 12.4. The van der Waals surface area contributed by atoms with E-state index in [0.29, 0.717) is 24.7 Å². The van der Waals surface area contributed by atoms with E-state index in [1.165, 1.54) is 0 Å². The van der Waals surface area contributed by atoms with Crippen molar-refractivity contribution in [3.05, 3.63) is 53.1 Å². The van der Waals surface area contributed by atoms with Crippen LogP contribution in [0.1, 0.15) is 36.5 Å². The molecule has 4 rings (SSSR count). The third-order valence-corrected chi connectivity index (χ3v) is 6.32. The molecule has 198 valence electrons. The molecule has 0 unspecified atom stereocenters. The van der Waals surface area contributed by atoms with Gasteiger partial charge in [0.1, 0.15) is 31.1 Å². The van der Waals surface area contributed by atoms with Crippen molar-refractivity contribution in [3.63, 3.8) is 0 Å². The number of ether oxygens (including phenoxy) is 4.